The third-order valence-electron chi connectivity index (χ3n) is 2.59. The molecule has 4 nitrogen and oxygen atoms in total. The van der Waals surface area contributed by atoms with E-state index in [-0.39, 0.29) is 6.04 Å². The largest absolute Gasteiger partial charge is 0.423 e. The second-order valence-corrected chi connectivity index (χ2v) is 4.22. The molecule has 0 spiro atoms. The number of aromatic nitrogens is 2. The molecule has 0 saturated carbocycles. The molecule has 1 aromatic carbocycles. The normalized spacial score (nSPS) is 12.6. The van der Waals surface area contributed by atoms with Crippen LogP contribution in [0, 0.1) is 0 Å². The second-order valence-electron chi connectivity index (χ2n) is 3.81. The van der Waals surface area contributed by atoms with Gasteiger partial charge in [-0.15, -0.1) is 10.2 Å². The number of hydrogen-bond donors (Lipinski definition) is 1. The van der Waals surface area contributed by atoms with Crippen LogP contribution in [0.3, 0.4) is 0 Å². The number of nitrogens with one attached hydrogen (secondary N) is 1. The Bertz CT molecular complexity index is 498. The Hall–Kier alpha value is -1.39. The maximum atomic E-state index is 6.07. The predicted octanol–water partition coefficient (Wildman–Crippen LogP) is 2.59. The summed E-state index contributed by atoms with van der Waals surface area (Å²) in [4.78, 5) is 0. The molecule has 0 bridgehead atoms. The molecule has 0 saturated heterocycles. The highest BCUT2D eigenvalue weighted by Gasteiger charge is 2.12. The Morgan fingerprint density at radius 2 is 2.12 bits per heavy atom. The smallest absolute Gasteiger partial charge is 0.233 e. The van der Waals surface area contributed by atoms with Crippen molar-refractivity contribution in [2.75, 3.05) is 7.05 Å². The van der Waals surface area contributed by atoms with Gasteiger partial charge in [-0.2, -0.15) is 0 Å². The van der Waals surface area contributed by atoms with Gasteiger partial charge >= 0.3 is 0 Å². The molecule has 5 heteroatoms. The summed E-state index contributed by atoms with van der Waals surface area (Å²) in [6.45, 7) is 1.97. The molecule has 17 heavy (non-hydrogen) atoms. The Labute approximate surface area is 105 Å². The van der Waals surface area contributed by atoms with Crippen molar-refractivity contribution < 1.29 is 4.42 Å². The fourth-order valence-electron chi connectivity index (χ4n) is 1.44. The average molecular weight is 252 g/mol. The van der Waals surface area contributed by atoms with Crippen LogP contribution in [0.25, 0.3) is 0 Å². The molecule has 0 aliphatic carbocycles. The Morgan fingerprint density at radius 3 is 2.82 bits per heavy atom. The number of benzene rings is 1. The van der Waals surface area contributed by atoms with E-state index in [1.165, 1.54) is 0 Å². The van der Waals surface area contributed by atoms with Crippen molar-refractivity contribution >= 4 is 11.6 Å². The van der Waals surface area contributed by atoms with E-state index in [2.05, 4.69) is 15.5 Å². The van der Waals surface area contributed by atoms with Gasteiger partial charge in [0.2, 0.25) is 11.8 Å². The summed E-state index contributed by atoms with van der Waals surface area (Å²) < 4.78 is 5.55. The fraction of sp³-hybridized carbons (Fsp3) is 0.333. The Kier molecular flexibility index (Phi) is 3.76. The topological polar surface area (TPSA) is 51.0 Å². The highest BCUT2D eigenvalue weighted by molar-refractivity contribution is 6.31. The Morgan fingerprint density at radius 1 is 1.35 bits per heavy atom. The van der Waals surface area contributed by atoms with E-state index in [9.17, 15) is 0 Å². The lowest BCUT2D eigenvalue weighted by Gasteiger charge is -2.02. The number of hydrogen-bond acceptors (Lipinski definition) is 4. The van der Waals surface area contributed by atoms with Gasteiger partial charge in [-0.25, -0.2) is 0 Å². The van der Waals surface area contributed by atoms with Crippen molar-refractivity contribution in [3.8, 4) is 0 Å². The van der Waals surface area contributed by atoms with Gasteiger partial charge in [0, 0.05) is 5.02 Å². The van der Waals surface area contributed by atoms with Gasteiger partial charge in [0.25, 0.3) is 0 Å². The molecule has 2 rings (SSSR count). The van der Waals surface area contributed by atoms with Crippen LogP contribution in [0.1, 0.15) is 30.3 Å². The molecule has 0 amide bonds. The van der Waals surface area contributed by atoms with Crippen molar-refractivity contribution in [3.05, 3.63) is 46.6 Å². The molecule has 1 unspecified atom stereocenters. The molecular formula is C12H14ClN3O. The first-order chi connectivity index (χ1) is 8.20. The average Bonchev–Trinajstić information content (AvgIpc) is 2.80. The maximum Gasteiger partial charge on any atom is 0.233 e. The summed E-state index contributed by atoms with van der Waals surface area (Å²) >= 11 is 6.07. The first-order valence-corrected chi connectivity index (χ1v) is 5.81. The quantitative estimate of drug-likeness (QED) is 0.908. The molecular weight excluding hydrogens is 238 g/mol. The highest BCUT2D eigenvalue weighted by Crippen LogP contribution is 2.19. The van der Waals surface area contributed by atoms with Crippen molar-refractivity contribution in [1.29, 1.82) is 0 Å². The van der Waals surface area contributed by atoms with Crippen molar-refractivity contribution in [2.45, 2.75) is 19.4 Å². The maximum absolute atomic E-state index is 6.07. The fourth-order valence-corrected chi connectivity index (χ4v) is 1.64. The van der Waals surface area contributed by atoms with Crippen LogP contribution in [0.5, 0.6) is 0 Å². The van der Waals surface area contributed by atoms with Crippen molar-refractivity contribution in [2.24, 2.45) is 0 Å². The standard InChI is InChI=1S/C12H14ClN3O/c1-8(14-2)12-16-15-11(17-12)7-9-5-3-4-6-10(9)13/h3-6,8,14H,7H2,1-2H3. The van der Waals surface area contributed by atoms with Crippen LogP contribution in [-0.2, 0) is 6.42 Å². The lowest BCUT2D eigenvalue weighted by molar-refractivity contribution is 0.410. The molecule has 90 valence electrons. The highest BCUT2D eigenvalue weighted by atomic mass is 35.5. The third-order valence-corrected chi connectivity index (χ3v) is 2.95. The van der Waals surface area contributed by atoms with E-state index >= 15 is 0 Å². The molecule has 0 fully saturated rings. The zero-order valence-electron chi connectivity index (χ0n) is 9.77. The zero-order chi connectivity index (χ0) is 12.3. The van der Waals surface area contributed by atoms with Crippen LogP contribution < -0.4 is 5.32 Å². The van der Waals surface area contributed by atoms with E-state index in [0.717, 1.165) is 5.56 Å². The van der Waals surface area contributed by atoms with Gasteiger partial charge in [0.05, 0.1) is 12.5 Å². The van der Waals surface area contributed by atoms with E-state index in [0.29, 0.717) is 23.2 Å². The molecule has 1 atom stereocenters. The van der Waals surface area contributed by atoms with Crippen LogP contribution >= 0.6 is 11.6 Å². The Balaban J connectivity index is 2.14. The minimum absolute atomic E-state index is 0.0579. The van der Waals surface area contributed by atoms with Crippen LogP contribution in [0.15, 0.2) is 28.7 Å². The molecule has 0 radical (unpaired) electrons. The van der Waals surface area contributed by atoms with Crippen LogP contribution in [-0.4, -0.2) is 17.2 Å². The minimum Gasteiger partial charge on any atom is -0.423 e. The zero-order valence-corrected chi connectivity index (χ0v) is 10.5. The second kappa shape index (κ2) is 5.29. The monoisotopic (exact) mass is 251 g/mol. The van der Waals surface area contributed by atoms with Gasteiger partial charge in [-0.3, -0.25) is 0 Å². The van der Waals surface area contributed by atoms with Gasteiger partial charge in [-0.05, 0) is 25.6 Å². The first kappa shape index (κ1) is 12.1. The lowest BCUT2D eigenvalue weighted by atomic mass is 10.1. The number of nitrogens with zero attached hydrogens (tertiary/aromatic N) is 2. The summed E-state index contributed by atoms with van der Waals surface area (Å²) in [7, 11) is 1.85. The van der Waals surface area contributed by atoms with Crippen molar-refractivity contribution in [1.82, 2.24) is 15.5 Å². The van der Waals surface area contributed by atoms with E-state index in [1.807, 2.05) is 38.2 Å². The van der Waals surface area contributed by atoms with E-state index in [1.54, 1.807) is 0 Å². The minimum atomic E-state index is 0.0579. The third kappa shape index (κ3) is 2.84. The van der Waals surface area contributed by atoms with E-state index < -0.39 is 0 Å². The van der Waals surface area contributed by atoms with Gasteiger partial charge in [0.15, 0.2) is 0 Å². The predicted molar refractivity (Wildman–Crippen MR) is 66.0 cm³/mol. The summed E-state index contributed by atoms with van der Waals surface area (Å²) in [6.07, 6.45) is 0.559. The summed E-state index contributed by atoms with van der Waals surface area (Å²) in [6, 6.07) is 7.70. The number of halogens is 1. The molecule has 2 aromatic rings. The molecule has 1 aromatic heterocycles. The first-order valence-electron chi connectivity index (χ1n) is 5.43. The summed E-state index contributed by atoms with van der Waals surface area (Å²) in [5.74, 6) is 1.17. The van der Waals surface area contributed by atoms with Gasteiger partial charge < -0.3 is 9.73 Å². The van der Waals surface area contributed by atoms with Crippen LogP contribution in [0.2, 0.25) is 5.02 Å². The molecule has 1 N–H and O–H groups in total. The summed E-state index contributed by atoms with van der Waals surface area (Å²) in [5.41, 5.74) is 0.987. The van der Waals surface area contributed by atoms with Crippen molar-refractivity contribution in [3.63, 3.8) is 0 Å². The van der Waals surface area contributed by atoms with E-state index in [4.69, 9.17) is 16.0 Å². The summed E-state index contributed by atoms with van der Waals surface area (Å²) in [5, 5.41) is 11.8. The number of rotatable bonds is 4. The molecule has 1 heterocycles. The van der Waals surface area contributed by atoms with Gasteiger partial charge in [0.1, 0.15) is 0 Å². The van der Waals surface area contributed by atoms with Gasteiger partial charge in [-0.1, -0.05) is 29.8 Å². The molecule has 0 aliphatic heterocycles. The van der Waals surface area contributed by atoms with Crippen LogP contribution in [0.4, 0.5) is 0 Å². The lowest BCUT2D eigenvalue weighted by Crippen LogP contribution is -2.12. The SMILES string of the molecule is CNC(C)c1nnc(Cc2ccccc2Cl)o1. The molecule has 0 aliphatic rings.